The van der Waals surface area contributed by atoms with Crippen molar-refractivity contribution in [2.24, 2.45) is 0 Å². The van der Waals surface area contributed by atoms with Crippen LogP contribution in [-0.4, -0.2) is 48.2 Å². The number of aromatic nitrogens is 10. The van der Waals surface area contributed by atoms with Gasteiger partial charge in [0.1, 0.15) is 0 Å². The summed E-state index contributed by atoms with van der Waals surface area (Å²) in [5.74, 6) is 3.89. The molecule has 616 valence electrons. The first-order chi connectivity index (χ1) is 65.4. The van der Waals surface area contributed by atoms with Crippen LogP contribution in [0.15, 0.2) is 449 Å². The van der Waals surface area contributed by atoms with Crippen molar-refractivity contribution in [3.05, 3.63) is 449 Å². The molecular weight excluding hydrogens is 1650 g/mol. The summed E-state index contributed by atoms with van der Waals surface area (Å²) in [7, 11) is 0. The molecule has 0 bridgehead atoms. The molecule has 10 nitrogen and oxygen atoms in total. The molecule has 8 heterocycles. The minimum Gasteiger partial charge on any atom is -0.309 e. The zero-order valence-corrected chi connectivity index (χ0v) is 72.6. The fourth-order valence-electron chi connectivity index (χ4n) is 19.8. The van der Waals surface area contributed by atoms with Gasteiger partial charge in [-0.05, 0) is 173 Å². The molecule has 0 saturated carbocycles. The van der Waals surface area contributed by atoms with Crippen molar-refractivity contribution in [2.45, 2.75) is 0 Å². The molecule has 19 aromatic carbocycles. The number of benzene rings is 19. The van der Waals surface area contributed by atoms with Crippen molar-refractivity contribution in [1.29, 1.82) is 0 Å². The van der Waals surface area contributed by atoms with Crippen LogP contribution in [0.5, 0.6) is 0 Å². The minimum atomic E-state index is 0.646. The second-order valence-corrected chi connectivity index (χ2v) is 35.7. The smallest absolute Gasteiger partial charge is 0.165 e. The van der Waals surface area contributed by atoms with Gasteiger partial charge in [-0.25, -0.2) is 29.9 Å². The van der Waals surface area contributed by atoms with E-state index in [1.165, 1.54) is 107 Å². The SMILES string of the molecule is c1ccc(-c2nc(-c3ccccc3)nc(-c3cc(-c4cccc(-c5ccc6c7cc8c9ccccc9n(-c9ccccc9)c8cc7n(-c7ccccc7)c6c5)c4)cc4c3sc3ccccc34)n2)cc1.c1ccc(-c2nc(-c3ccccc3)nc(-c3cc(-c4cccc(-n5c6ccccc6c6cc7c8ccccc8n(-c8ccccc8)c7cc65)c4)cc4c3sc3ccccc34)n2)cc1. The number of rotatable bonds is 13. The lowest BCUT2D eigenvalue weighted by atomic mass is 9.95. The van der Waals surface area contributed by atoms with Crippen molar-refractivity contribution >= 4 is 150 Å². The summed E-state index contributed by atoms with van der Waals surface area (Å²) in [6, 6.07) is 160. The number of nitrogens with zero attached hydrogens (tertiary/aromatic N) is 10. The zero-order valence-electron chi connectivity index (χ0n) is 71.0. The van der Waals surface area contributed by atoms with E-state index in [0.29, 0.717) is 34.9 Å². The lowest BCUT2D eigenvalue weighted by molar-refractivity contribution is 1.08. The number of hydrogen-bond acceptors (Lipinski definition) is 8. The van der Waals surface area contributed by atoms with Crippen LogP contribution in [0.4, 0.5) is 0 Å². The molecule has 0 N–H and O–H groups in total. The molecule has 27 rings (SSSR count). The normalized spacial score (nSPS) is 11.8. The Morgan fingerprint density at radius 2 is 0.417 bits per heavy atom. The first-order valence-corrected chi connectivity index (χ1v) is 46.1. The molecule has 132 heavy (non-hydrogen) atoms. The highest BCUT2D eigenvalue weighted by atomic mass is 32.1. The topological polar surface area (TPSA) is 97.1 Å². The van der Waals surface area contributed by atoms with Crippen molar-refractivity contribution in [2.75, 3.05) is 0 Å². The molecule has 0 radical (unpaired) electrons. The van der Waals surface area contributed by atoms with E-state index in [1.54, 1.807) is 22.7 Å². The van der Waals surface area contributed by atoms with Crippen LogP contribution in [0, 0.1) is 0 Å². The molecule has 0 aliphatic carbocycles. The van der Waals surface area contributed by atoms with Crippen LogP contribution in [0.2, 0.25) is 0 Å². The van der Waals surface area contributed by atoms with Gasteiger partial charge >= 0.3 is 0 Å². The highest BCUT2D eigenvalue weighted by Crippen LogP contribution is 2.49. The van der Waals surface area contributed by atoms with E-state index in [4.69, 9.17) is 29.9 Å². The molecule has 0 aliphatic rings. The van der Waals surface area contributed by atoms with Crippen LogP contribution in [0.25, 0.3) is 252 Å². The summed E-state index contributed by atoms with van der Waals surface area (Å²) in [5, 5.41) is 14.7. The second-order valence-electron chi connectivity index (χ2n) is 33.6. The summed E-state index contributed by atoms with van der Waals surface area (Å²) in [5.41, 5.74) is 26.4. The molecule has 0 atom stereocenters. The molecule has 0 unspecified atom stereocenters. The van der Waals surface area contributed by atoms with E-state index < -0.39 is 0 Å². The third-order valence-electron chi connectivity index (χ3n) is 25.9. The number of thiophene rings is 2. The Morgan fingerprint density at radius 3 is 0.811 bits per heavy atom. The minimum absolute atomic E-state index is 0.646. The first kappa shape index (κ1) is 76.1. The van der Waals surface area contributed by atoms with Crippen LogP contribution < -0.4 is 0 Å². The average Bonchev–Trinajstić information content (AvgIpc) is 1.56. The average molecular weight is 1720 g/mol. The summed E-state index contributed by atoms with van der Waals surface area (Å²) < 4.78 is 14.4. The lowest BCUT2D eigenvalue weighted by Crippen LogP contribution is -2.00. The Kier molecular flexibility index (Phi) is 18.1. The summed E-state index contributed by atoms with van der Waals surface area (Å²) in [4.78, 5) is 31.0. The Balaban J connectivity index is 0.000000139. The van der Waals surface area contributed by atoms with E-state index in [1.807, 2.05) is 72.8 Å². The van der Waals surface area contributed by atoms with E-state index >= 15 is 0 Å². The number of fused-ring (bicyclic) bond motifs is 18. The van der Waals surface area contributed by atoms with Gasteiger partial charge in [0.15, 0.2) is 34.9 Å². The van der Waals surface area contributed by atoms with Gasteiger partial charge in [0.25, 0.3) is 0 Å². The van der Waals surface area contributed by atoms with E-state index in [0.717, 1.165) is 110 Å². The highest BCUT2D eigenvalue weighted by Gasteiger charge is 2.26. The third kappa shape index (κ3) is 12.9. The Bertz CT molecular complexity index is 9150. The van der Waals surface area contributed by atoms with E-state index in [2.05, 4.69) is 394 Å². The predicted octanol–water partition coefficient (Wildman–Crippen LogP) is 31.9. The van der Waals surface area contributed by atoms with Gasteiger partial charge in [0.05, 0.1) is 44.1 Å². The summed E-state index contributed by atoms with van der Waals surface area (Å²) in [6.45, 7) is 0. The summed E-state index contributed by atoms with van der Waals surface area (Å²) >= 11 is 3.58. The Morgan fingerprint density at radius 1 is 0.144 bits per heavy atom. The van der Waals surface area contributed by atoms with Gasteiger partial charge in [-0.3, -0.25) is 0 Å². The molecule has 0 amide bonds. The van der Waals surface area contributed by atoms with Gasteiger partial charge in [0, 0.05) is 140 Å². The van der Waals surface area contributed by atoms with Gasteiger partial charge in [0.2, 0.25) is 0 Å². The zero-order chi connectivity index (χ0) is 86.9. The number of para-hydroxylation sites is 6. The molecule has 0 spiro atoms. The molecule has 0 saturated heterocycles. The van der Waals surface area contributed by atoms with Crippen molar-refractivity contribution in [3.63, 3.8) is 0 Å². The molecule has 8 aromatic heterocycles. The molecule has 0 fully saturated rings. The molecule has 27 aromatic rings. The maximum Gasteiger partial charge on any atom is 0.165 e. The fraction of sp³-hybridized carbons (Fsp3) is 0. The quantitative estimate of drug-likeness (QED) is 0.114. The molecule has 12 heteroatoms. The molecular formula is C120H74N10S2. The maximum absolute atomic E-state index is 5.23. The highest BCUT2D eigenvalue weighted by molar-refractivity contribution is 7.26. The van der Waals surface area contributed by atoms with Gasteiger partial charge in [-0.1, -0.05) is 309 Å². The Labute approximate surface area is 766 Å². The number of hydrogen-bond donors (Lipinski definition) is 0. The Hall–Kier alpha value is -17.2. The van der Waals surface area contributed by atoms with Gasteiger partial charge < -0.3 is 18.3 Å². The molecule has 0 aliphatic heterocycles. The third-order valence-corrected chi connectivity index (χ3v) is 28.3. The predicted molar refractivity (Wildman–Crippen MR) is 552 cm³/mol. The van der Waals surface area contributed by atoms with E-state index in [-0.39, 0.29) is 0 Å². The maximum atomic E-state index is 5.23. The van der Waals surface area contributed by atoms with E-state index in [9.17, 15) is 0 Å². The van der Waals surface area contributed by atoms with Crippen LogP contribution >= 0.6 is 22.7 Å². The monoisotopic (exact) mass is 1720 g/mol. The van der Waals surface area contributed by atoms with Gasteiger partial charge in [-0.2, -0.15) is 0 Å². The van der Waals surface area contributed by atoms with Crippen molar-refractivity contribution in [3.8, 4) is 124 Å². The lowest BCUT2D eigenvalue weighted by Gasteiger charge is -2.13. The standard InChI is InChI=1S/C63H39N5S.C57H35N5S/c1-5-18-40(19-6-1)61-64-62(41-20-7-2-8-21-41)66-63(65-61)54-36-45(35-53-50-29-14-16-31-59(50)69-60(53)54)43-23-17-22-42(34-43)44-32-33-49-52-38-51-48-28-13-15-30-55(48)67(46-24-9-3-10-25-46)57(51)39-58(52)68(56(49)37-44)47-26-11-4-12-27-47;1-4-17-36(18-5-1)55-58-56(37-19-6-2-7-20-37)60-57(59-55)48-33-39(32-47-44-27-12-15-30-53(44)63-54(47)48)38-21-16-24-41(31-38)62-50-29-14-11-26-43(50)46-34-45-42-25-10-13-28-49(42)61(51(45)35-52(46)62)40-22-8-3-9-23-40/h1-39H;1-35H. The summed E-state index contributed by atoms with van der Waals surface area (Å²) in [6.07, 6.45) is 0. The van der Waals surface area contributed by atoms with Crippen LogP contribution in [0.3, 0.4) is 0 Å². The first-order valence-electron chi connectivity index (χ1n) is 44.4. The second kappa shape index (κ2) is 31.4. The van der Waals surface area contributed by atoms with Gasteiger partial charge in [-0.15, -0.1) is 22.7 Å². The fourth-order valence-corrected chi connectivity index (χ4v) is 22.2. The van der Waals surface area contributed by atoms with Crippen LogP contribution in [0.1, 0.15) is 0 Å². The largest absolute Gasteiger partial charge is 0.309 e. The van der Waals surface area contributed by atoms with Crippen molar-refractivity contribution < 1.29 is 0 Å². The van der Waals surface area contributed by atoms with Crippen LogP contribution in [-0.2, 0) is 0 Å². The van der Waals surface area contributed by atoms with Crippen molar-refractivity contribution in [1.82, 2.24) is 48.2 Å².